The smallest absolute Gasteiger partial charge is 0.406 e. The van der Waals surface area contributed by atoms with E-state index >= 15 is 0 Å². The molecule has 1 N–H and O–H groups in total. The first kappa shape index (κ1) is 16.1. The number of para-hydroxylation sites is 1. The van der Waals surface area contributed by atoms with Gasteiger partial charge in [-0.15, -0.1) is 0 Å². The predicted molar refractivity (Wildman–Crippen MR) is 66.9 cm³/mol. The molecule has 0 atom stereocenters. The second kappa shape index (κ2) is 6.02. The molecule has 112 valence electrons. The van der Waals surface area contributed by atoms with Crippen LogP contribution in [-0.2, 0) is 0 Å². The Morgan fingerprint density at radius 3 is 2.45 bits per heavy atom. The minimum Gasteiger partial charge on any atom is -0.504 e. The Balaban J connectivity index is 3.13. The molecule has 7 heteroatoms. The van der Waals surface area contributed by atoms with Crippen LogP contribution < -0.4 is 4.74 Å². The van der Waals surface area contributed by atoms with Gasteiger partial charge in [0.2, 0.25) is 0 Å². The molecule has 0 radical (unpaired) electrons. The van der Waals surface area contributed by atoms with E-state index in [2.05, 4.69) is 0 Å². The van der Waals surface area contributed by atoms with Gasteiger partial charge >= 0.3 is 6.18 Å². The number of hydrogen-bond acceptors (Lipinski definition) is 3. The molecule has 20 heavy (non-hydrogen) atoms. The van der Waals surface area contributed by atoms with Crippen molar-refractivity contribution in [1.82, 2.24) is 4.90 Å². The number of phenols is 1. The van der Waals surface area contributed by atoms with Gasteiger partial charge in [-0.05, 0) is 26.0 Å². The Labute approximate surface area is 114 Å². The summed E-state index contributed by atoms with van der Waals surface area (Å²) in [5, 5.41) is 9.83. The molecule has 0 heterocycles. The number of benzene rings is 1. The summed E-state index contributed by atoms with van der Waals surface area (Å²) in [5.41, 5.74) is -0.220. The van der Waals surface area contributed by atoms with Crippen molar-refractivity contribution in [2.75, 3.05) is 13.7 Å². The van der Waals surface area contributed by atoms with Gasteiger partial charge in [-0.2, -0.15) is 13.2 Å². The maximum absolute atomic E-state index is 12.5. The standard InChI is InChI=1S/C13H16F3NO3/c1-8(2)17(7-13(14,15)16)12(19)9-5-4-6-10(20-3)11(9)18/h4-6,8,18H,7H2,1-3H3. The highest BCUT2D eigenvalue weighted by atomic mass is 19.4. The second-order valence-corrected chi connectivity index (χ2v) is 4.50. The first-order valence-corrected chi connectivity index (χ1v) is 5.91. The lowest BCUT2D eigenvalue weighted by Gasteiger charge is -2.28. The third kappa shape index (κ3) is 3.79. The van der Waals surface area contributed by atoms with Gasteiger partial charge in [-0.25, -0.2) is 0 Å². The molecule has 0 saturated heterocycles. The van der Waals surface area contributed by atoms with E-state index in [-0.39, 0.29) is 11.3 Å². The Morgan fingerprint density at radius 2 is 2.00 bits per heavy atom. The van der Waals surface area contributed by atoms with Crippen LogP contribution in [0.5, 0.6) is 11.5 Å². The number of ether oxygens (including phenoxy) is 1. The lowest BCUT2D eigenvalue weighted by atomic mass is 10.1. The second-order valence-electron chi connectivity index (χ2n) is 4.50. The molecule has 1 aromatic rings. The van der Waals surface area contributed by atoms with E-state index in [1.54, 1.807) is 0 Å². The first-order chi connectivity index (χ1) is 9.17. The topological polar surface area (TPSA) is 49.8 Å². The molecule has 0 saturated carbocycles. The molecule has 1 aromatic carbocycles. The van der Waals surface area contributed by atoms with E-state index in [9.17, 15) is 23.1 Å². The molecule has 0 bridgehead atoms. The van der Waals surface area contributed by atoms with Crippen LogP contribution in [-0.4, -0.2) is 41.8 Å². The maximum Gasteiger partial charge on any atom is 0.406 e. The summed E-state index contributed by atoms with van der Waals surface area (Å²) < 4.78 is 42.4. The number of nitrogens with zero attached hydrogens (tertiary/aromatic N) is 1. The zero-order chi connectivity index (χ0) is 15.5. The predicted octanol–water partition coefficient (Wildman–Crippen LogP) is 2.81. The Bertz CT molecular complexity index is 486. The van der Waals surface area contributed by atoms with Crippen LogP contribution >= 0.6 is 0 Å². The van der Waals surface area contributed by atoms with Crippen molar-refractivity contribution in [3.63, 3.8) is 0 Å². The van der Waals surface area contributed by atoms with Crippen LogP contribution in [0.4, 0.5) is 13.2 Å². The number of alkyl halides is 3. The summed E-state index contributed by atoms with van der Waals surface area (Å²) in [5.74, 6) is -1.33. The van der Waals surface area contributed by atoms with Crippen LogP contribution in [0.15, 0.2) is 18.2 Å². The molecular weight excluding hydrogens is 275 g/mol. The van der Waals surface area contributed by atoms with Crippen molar-refractivity contribution < 1.29 is 27.8 Å². The van der Waals surface area contributed by atoms with Crippen molar-refractivity contribution in [2.24, 2.45) is 0 Å². The minimum absolute atomic E-state index is 0.0339. The molecule has 0 aliphatic carbocycles. The summed E-state index contributed by atoms with van der Waals surface area (Å²) in [6.45, 7) is 1.57. The van der Waals surface area contributed by atoms with Crippen LogP contribution in [0, 0.1) is 0 Å². The summed E-state index contributed by atoms with van der Waals surface area (Å²) in [6.07, 6.45) is -4.51. The van der Waals surface area contributed by atoms with Crippen LogP contribution in [0.25, 0.3) is 0 Å². The number of carbonyl (C=O) groups excluding carboxylic acids is 1. The SMILES string of the molecule is COc1cccc(C(=O)N(CC(F)(F)F)C(C)C)c1O. The number of phenolic OH excluding ortho intramolecular Hbond substituents is 1. The summed E-state index contributed by atoms with van der Waals surface area (Å²) in [6, 6.07) is 3.44. The lowest BCUT2D eigenvalue weighted by molar-refractivity contribution is -0.143. The number of carbonyl (C=O) groups is 1. The zero-order valence-electron chi connectivity index (χ0n) is 11.4. The molecule has 0 aliphatic rings. The molecule has 1 rings (SSSR count). The molecule has 0 unspecified atom stereocenters. The molecule has 0 aliphatic heterocycles. The van der Waals surface area contributed by atoms with Gasteiger partial charge in [0, 0.05) is 6.04 Å². The van der Waals surface area contributed by atoms with E-state index in [1.165, 1.54) is 39.2 Å². The third-order valence-electron chi connectivity index (χ3n) is 2.68. The first-order valence-electron chi connectivity index (χ1n) is 5.91. The normalized spacial score (nSPS) is 11.6. The molecule has 0 fully saturated rings. The van der Waals surface area contributed by atoms with Crippen molar-refractivity contribution in [3.05, 3.63) is 23.8 Å². The van der Waals surface area contributed by atoms with Gasteiger partial charge in [-0.1, -0.05) is 6.07 Å². The van der Waals surface area contributed by atoms with Gasteiger partial charge in [0.15, 0.2) is 11.5 Å². The monoisotopic (exact) mass is 291 g/mol. The number of aromatic hydroxyl groups is 1. The number of amides is 1. The van der Waals surface area contributed by atoms with Gasteiger partial charge < -0.3 is 14.7 Å². The number of hydrogen-bond donors (Lipinski definition) is 1. The average Bonchev–Trinajstić information content (AvgIpc) is 2.34. The minimum atomic E-state index is -4.51. The maximum atomic E-state index is 12.5. The van der Waals surface area contributed by atoms with Gasteiger partial charge in [0.05, 0.1) is 12.7 Å². The lowest BCUT2D eigenvalue weighted by Crippen LogP contribution is -2.43. The van der Waals surface area contributed by atoms with E-state index in [1.807, 2.05) is 0 Å². The van der Waals surface area contributed by atoms with Crippen LogP contribution in [0.1, 0.15) is 24.2 Å². The van der Waals surface area contributed by atoms with Crippen molar-refractivity contribution in [3.8, 4) is 11.5 Å². The fraction of sp³-hybridized carbons (Fsp3) is 0.462. The Hall–Kier alpha value is -1.92. The molecule has 0 spiro atoms. The van der Waals surface area contributed by atoms with E-state index < -0.39 is 30.4 Å². The highest BCUT2D eigenvalue weighted by Crippen LogP contribution is 2.31. The van der Waals surface area contributed by atoms with Crippen LogP contribution in [0.2, 0.25) is 0 Å². The van der Waals surface area contributed by atoms with E-state index in [4.69, 9.17) is 4.74 Å². The average molecular weight is 291 g/mol. The molecular formula is C13H16F3NO3. The fourth-order valence-corrected chi connectivity index (χ4v) is 1.70. The number of rotatable bonds is 4. The van der Waals surface area contributed by atoms with Gasteiger partial charge in [-0.3, -0.25) is 4.79 Å². The van der Waals surface area contributed by atoms with Crippen molar-refractivity contribution in [1.29, 1.82) is 0 Å². The van der Waals surface area contributed by atoms with Crippen LogP contribution in [0.3, 0.4) is 0 Å². The van der Waals surface area contributed by atoms with Crippen molar-refractivity contribution in [2.45, 2.75) is 26.1 Å². The van der Waals surface area contributed by atoms with Gasteiger partial charge in [0.25, 0.3) is 5.91 Å². The Kier molecular flexibility index (Phi) is 4.86. The molecule has 0 aromatic heterocycles. The fourth-order valence-electron chi connectivity index (χ4n) is 1.70. The van der Waals surface area contributed by atoms with Crippen molar-refractivity contribution >= 4 is 5.91 Å². The quantitative estimate of drug-likeness (QED) is 0.928. The highest BCUT2D eigenvalue weighted by Gasteiger charge is 2.35. The third-order valence-corrected chi connectivity index (χ3v) is 2.68. The molecule has 1 amide bonds. The zero-order valence-corrected chi connectivity index (χ0v) is 11.4. The van der Waals surface area contributed by atoms with E-state index in [0.717, 1.165) is 0 Å². The molecule has 4 nitrogen and oxygen atoms in total. The Morgan fingerprint density at radius 1 is 1.40 bits per heavy atom. The van der Waals surface area contributed by atoms with E-state index in [0.29, 0.717) is 4.90 Å². The summed E-state index contributed by atoms with van der Waals surface area (Å²) >= 11 is 0. The number of halogens is 3. The largest absolute Gasteiger partial charge is 0.504 e. The highest BCUT2D eigenvalue weighted by molar-refractivity contribution is 5.97. The number of methoxy groups -OCH3 is 1. The summed E-state index contributed by atoms with van der Waals surface area (Å²) in [4.78, 5) is 12.8. The summed E-state index contributed by atoms with van der Waals surface area (Å²) in [7, 11) is 1.29. The van der Waals surface area contributed by atoms with Gasteiger partial charge in [0.1, 0.15) is 6.54 Å².